The van der Waals surface area contributed by atoms with Gasteiger partial charge in [0.2, 0.25) is 0 Å². The van der Waals surface area contributed by atoms with Crippen molar-refractivity contribution in [3.8, 4) is 17.1 Å². The fraction of sp³-hybridized carbons (Fsp3) is 0.730. The zero-order valence-electron chi connectivity index (χ0n) is 26.2. The summed E-state index contributed by atoms with van der Waals surface area (Å²) in [6.07, 6.45) is 34.3. The molecule has 3 heteroatoms. The highest BCUT2D eigenvalue weighted by molar-refractivity contribution is 5.55. The van der Waals surface area contributed by atoms with Crippen LogP contribution >= 0.6 is 0 Å². The molecule has 1 aliphatic rings. The van der Waals surface area contributed by atoms with Crippen molar-refractivity contribution in [1.29, 1.82) is 0 Å². The summed E-state index contributed by atoms with van der Waals surface area (Å²) in [7, 11) is 0. The molecule has 1 aromatic carbocycles. The van der Waals surface area contributed by atoms with Gasteiger partial charge >= 0.3 is 0 Å². The molecule has 1 aromatic heterocycles. The van der Waals surface area contributed by atoms with Crippen molar-refractivity contribution in [1.82, 2.24) is 9.97 Å². The van der Waals surface area contributed by atoms with E-state index in [0.717, 1.165) is 48.4 Å². The Bertz CT molecular complexity index is 855. The van der Waals surface area contributed by atoms with Crippen molar-refractivity contribution < 1.29 is 4.74 Å². The van der Waals surface area contributed by atoms with Gasteiger partial charge in [-0.15, -0.1) is 0 Å². The first-order chi connectivity index (χ1) is 19.8. The van der Waals surface area contributed by atoms with Crippen molar-refractivity contribution in [3.63, 3.8) is 0 Å². The van der Waals surface area contributed by atoms with Crippen LogP contribution in [-0.2, 0) is 6.42 Å². The van der Waals surface area contributed by atoms with E-state index in [0.29, 0.717) is 0 Å². The summed E-state index contributed by atoms with van der Waals surface area (Å²) in [4.78, 5) is 9.38. The topological polar surface area (TPSA) is 35.0 Å². The predicted molar refractivity (Wildman–Crippen MR) is 172 cm³/mol. The molecule has 0 bridgehead atoms. The van der Waals surface area contributed by atoms with Gasteiger partial charge in [-0.25, -0.2) is 9.97 Å². The van der Waals surface area contributed by atoms with E-state index >= 15 is 0 Å². The van der Waals surface area contributed by atoms with Gasteiger partial charge in [-0.1, -0.05) is 136 Å². The number of aromatic nitrogens is 2. The van der Waals surface area contributed by atoms with Crippen LogP contribution in [0.2, 0.25) is 0 Å². The molecule has 3 nitrogen and oxygen atoms in total. The van der Waals surface area contributed by atoms with Gasteiger partial charge in [0.15, 0.2) is 5.82 Å². The highest BCUT2D eigenvalue weighted by Crippen LogP contribution is 2.34. The smallest absolute Gasteiger partial charge is 0.159 e. The van der Waals surface area contributed by atoms with E-state index in [1.807, 2.05) is 12.4 Å². The highest BCUT2D eigenvalue weighted by Gasteiger charge is 2.20. The van der Waals surface area contributed by atoms with Crippen LogP contribution in [0.3, 0.4) is 0 Å². The average molecular weight is 549 g/mol. The van der Waals surface area contributed by atoms with Crippen molar-refractivity contribution in [2.45, 2.75) is 155 Å². The monoisotopic (exact) mass is 548 g/mol. The molecule has 224 valence electrons. The molecule has 0 N–H and O–H groups in total. The third-order valence-corrected chi connectivity index (χ3v) is 9.11. The van der Waals surface area contributed by atoms with Crippen LogP contribution in [0.25, 0.3) is 11.4 Å². The lowest BCUT2D eigenvalue weighted by molar-refractivity contribution is 0.248. The molecule has 1 fully saturated rings. The second-order valence-electron chi connectivity index (χ2n) is 12.6. The van der Waals surface area contributed by atoms with Crippen LogP contribution in [0.1, 0.15) is 154 Å². The summed E-state index contributed by atoms with van der Waals surface area (Å²) in [6.45, 7) is 5.39. The summed E-state index contributed by atoms with van der Waals surface area (Å²) in [6, 6.07) is 8.30. The lowest BCUT2D eigenvalue weighted by Crippen LogP contribution is -2.15. The molecule has 0 unspecified atom stereocenters. The molecule has 0 saturated heterocycles. The van der Waals surface area contributed by atoms with E-state index in [-0.39, 0.29) is 0 Å². The molecular formula is C37H60N2O. The van der Waals surface area contributed by atoms with Crippen LogP contribution in [0.4, 0.5) is 0 Å². The fourth-order valence-electron chi connectivity index (χ4n) is 6.33. The Morgan fingerprint density at radius 2 is 1.10 bits per heavy atom. The SMILES string of the molecule is CCCCCCCCCCCCOc1ccc(-c2ncc(CC[C@H]3CC[C@H](CCCCCCC)CC3)cn2)cc1. The first-order valence-corrected chi connectivity index (χ1v) is 17.3. The Kier molecular flexibility index (Phi) is 17.0. The highest BCUT2D eigenvalue weighted by atomic mass is 16.5. The summed E-state index contributed by atoms with van der Waals surface area (Å²) >= 11 is 0. The lowest BCUT2D eigenvalue weighted by Gasteiger charge is -2.28. The van der Waals surface area contributed by atoms with Gasteiger partial charge < -0.3 is 4.74 Å². The molecular weight excluding hydrogens is 488 g/mol. The van der Waals surface area contributed by atoms with Crippen molar-refractivity contribution in [3.05, 3.63) is 42.2 Å². The van der Waals surface area contributed by atoms with Crippen molar-refractivity contribution in [2.75, 3.05) is 6.61 Å². The third-order valence-electron chi connectivity index (χ3n) is 9.11. The van der Waals surface area contributed by atoms with E-state index in [1.165, 1.54) is 134 Å². The van der Waals surface area contributed by atoms with Crippen LogP contribution in [0.5, 0.6) is 5.75 Å². The van der Waals surface area contributed by atoms with Crippen molar-refractivity contribution >= 4 is 0 Å². The zero-order chi connectivity index (χ0) is 28.1. The molecule has 1 aliphatic carbocycles. The summed E-state index contributed by atoms with van der Waals surface area (Å²) < 4.78 is 5.98. The van der Waals surface area contributed by atoms with Gasteiger partial charge in [0.05, 0.1) is 6.61 Å². The number of hydrogen-bond donors (Lipinski definition) is 0. The summed E-state index contributed by atoms with van der Waals surface area (Å²) in [5.74, 6) is 3.65. The normalized spacial score (nSPS) is 17.2. The van der Waals surface area contributed by atoms with Crippen molar-refractivity contribution in [2.24, 2.45) is 11.8 Å². The first-order valence-electron chi connectivity index (χ1n) is 17.3. The van der Waals surface area contributed by atoms with Gasteiger partial charge in [0.1, 0.15) is 5.75 Å². The maximum atomic E-state index is 5.98. The fourth-order valence-corrected chi connectivity index (χ4v) is 6.33. The molecule has 0 spiro atoms. The maximum Gasteiger partial charge on any atom is 0.159 e. The molecule has 1 saturated carbocycles. The molecule has 2 aromatic rings. The Morgan fingerprint density at radius 3 is 1.68 bits per heavy atom. The standard InChI is InChI=1S/C37H60N2O/c1-3-5-7-9-10-11-12-13-15-17-29-40-36-27-25-35(26-28-36)37-38-30-34(31-39-37)24-23-33-21-19-32(20-22-33)18-16-14-8-6-4-2/h25-28,30-33H,3-24,29H2,1-2H3/t32-,33-. The minimum Gasteiger partial charge on any atom is -0.494 e. The Labute approximate surface area is 247 Å². The van der Waals surface area contributed by atoms with Crippen LogP contribution < -0.4 is 4.74 Å². The molecule has 3 rings (SSSR count). The number of benzene rings is 1. The lowest BCUT2D eigenvalue weighted by atomic mass is 9.78. The van der Waals surface area contributed by atoms with E-state index in [2.05, 4.69) is 48.1 Å². The molecule has 0 amide bonds. The molecule has 0 aliphatic heterocycles. The number of nitrogens with zero attached hydrogens (tertiary/aromatic N) is 2. The first kappa shape index (κ1) is 32.6. The summed E-state index contributed by atoms with van der Waals surface area (Å²) in [5.41, 5.74) is 2.34. The van der Waals surface area contributed by atoms with E-state index in [4.69, 9.17) is 4.74 Å². The third kappa shape index (κ3) is 13.6. The Morgan fingerprint density at radius 1 is 0.600 bits per heavy atom. The van der Waals surface area contributed by atoms with E-state index in [9.17, 15) is 0 Å². The summed E-state index contributed by atoms with van der Waals surface area (Å²) in [5, 5.41) is 0. The molecule has 0 radical (unpaired) electrons. The van der Waals surface area contributed by atoms with Crippen LogP contribution in [-0.4, -0.2) is 16.6 Å². The van der Waals surface area contributed by atoms with Gasteiger partial charge in [-0.3, -0.25) is 0 Å². The number of unbranched alkanes of at least 4 members (excludes halogenated alkanes) is 13. The van der Waals surface area contributed by atoms with Crippen LogP contribution in [0.15, 0.2) is 36.7 Å². The number of hydrogen-bond acceptors (Lipinski definition) is 3. The van der Waals surface area contributed by atoms with Crippen LogP contribution in [0, 0.1) is 11.8 Å². The Balaban J connectivity index is 1.25. The second-order valence-corrected chi connectivity index (χ2v) is 12.6. The van der Waals surface area contributed by atoms with Gasteiger partial charge in [-0.05, 0) is 60.9 Å². The van der Waals surface area contributed by atoms with E-state index in [1.54, 1.807) is 0 Å². The van der Waals surface area contributed by atoms with Gasteiger partial charge in [0, 0.05) is 18.0 Å². The quantitative estimate of drug-likeness (QED) is 0.137. The van der Waals surface area contributed by atoms with E-state index < -0.39 is 0 Å². The molecule has 1 heterocycles. The molecule has 40 heavy (non-hydrogen) atoms. The number of aryl methyl sites for hydroxylation is 1. The Hall–Kier alpha value is -1.90. The average Bonchev–Trinajstić information content (AvgIpc) is 3.00. The predicted octanol–water partition coefficient (Wildman–Crippen LogP) is 11.5. The largest absolute Gasteiger partial charge is 0.494 e. The number of rotatable bonds is 22. The minimum absolute atomic E-state index is 0.807. The minimum atomic E-state index is 0.807. The van der Waals surface area contributed by atoms with Gasteiger partial charge in [-0.2, -0.15) is 0 Å². The number of ether oxygens (including phenoxy) is 1. The van der Waals surface area contributed by atoms with Gasteiger partial charge in [0.25, 0.3) is 0 Å². The molecule has 0 atom stereocenters. The zero-order valence-corrected chi connectivity index (χ0v) is 26.2. The maximum absolute atomic E-state index is 5.98. The second kappa shape index (κ2) is 20.9.